The Labute approximate surface area is 174 Å². The Hall–Kier alpha value is -2.96. The Kier molecular flexibility index (Phi) is 5.22. The monoisotopic (exact) mass is 423 g/mol. The van der Waals surface area contributed by atoms with Crippen molar-refractivity contribution in [2.75, 3.05) is 11.6 Å². The summed E-state index contributed by atoms with van der Waals surface area (Å²) in [4.78, 5) is 8.66. The van der Waals surface area contributed by atoms with Crippen LogP contribution in [0.1, 0.15) is 5.56 Å². The largest absolute Gasteiger partial charge is 0.355 e. The Balaban J connectivity index is 1.75. The molecule has 29 heavy (non-hydrogen) atoms. The van der Waals surface area contributed by atoms with Crippen LogP contribution in [-0.2, 0) is 15.6 Å². The number of aromatic nitrogens is 2. The van der Waals surface area contributed by atoms with E-state index in [0.717, 1.165) is 33.4 Å². The van der Waals surface area contributed by atoms with Gasteiger partial charge in [-0.05, 0) is 53.6 Å². The summed E-state index contributed by atoms with van der Waals surface area (Å²) in [7, 11) is -3.13. The molecule has 0 aliphatic carbocycles. The topological polar surface area (TPSA) is 72.0 Å². The third kappa shape index (κ3) is 4.72. The predicted molar refractivity (Wildman–Crippen MR) is 118 cm³/mol. The van der Waals surface area contributed by atoms with Gasteiger partial charge < -0.3 is 5.32 Å². The first-order chi connectivity index (χ1) is 13.9. The molecular weight excluding hydrogens is 406 g/mol. The van der Waals surface area contributed by atoms with Gasteiger partial charge in [-0.25, -0.2) is 8.42 Å². The fourth-order valence-corrected chi connectivity index (χ4v) is 4.14. The van der Waals surface area contributed by atoms with Gasteiger partial charge in [0.15, 0.2) is 9.84 Å². The number of sulfone groups is 1. The number of fused-ring (bicyclic) bond motifs is 1. The molecule has 0 amide bonds. The van der Waals surface area contributed by atoms with Crippen LogP contribution in [0, 0.1) is 0 Å². The second-order valence-corrected chi connectivity index (χ2v) is 9.45. The molecule has 0 fully saturated rings. The van der Waals surface area contributed by atoms with E-state index in [1.54, 1.807) is 18.6 Å². The molecule has 146 valence electrons. The minimum absolute atomic E-state index is 0.0372. The van der Waals surface area contributed by atoms with Gasteiger partial charge in [-0.15, -0.1) is 0 Å². The van der Waals surface area contributed by atoms with Crippen molar-refractivity contribution in [1.82, 2.24) is 9.97 Å². The third-order valence-electron chi connectivity index (χ3n) is 4.40. The van der Waals surface area contributed by atoms with E-state index in [-0.39, 0.29) is 5.75 Å². The highest BCUT2D eigenvalue weighted by atomic mass is 35.5. The standard InChI is InChI=1S/C22H18ClN3O2S/c1-29(27,28)14-15-9-17(13-24-12-15)16-5-6-21-20(10-16)22(7-8-25-21)26-19-4-2-3-18(23)11-19/h2-13H,14H2,1H3,(H,25,26). The smallest absolute Gasteiger partial charge is 0.151 e. The molecule has 7 heteroatoms. The third-order valence-corrected chi connectivity index (χ3v) is 5.50. The second kappa shape index (κ2) is 7.81. The van der Waals surface area contributed by atoms with Crippen LogP contribution in [0.2, 0.25) is 5.02 Å². The van der Waals surface area contributed by atoms with E-state index in [0.29, 0.717) is 10.6 Å². The van der Waals surface area contributed by atoms with Crippen LogP contribution >= 0.6 is 11.6 Å². The first-order valence-corrected chi connectivity index (χ1v) is 11.3. The van der Waals surface area contributed by atoms with Gasteiger partial charge in [-0.3, -0.25) is 9.97 Å². The molecule has 5 nitrogen and oxygen atoms in total. The van der Waals surface area contributed by atoms with Crippen molar-refractivity contribution < 1.29 is 8.42 Å². The molecule has 1 N–H and O–H groups in total. The Morgan fingerprint density at radius 3 is 2.66 bits per heavy atom. The molecule has 0 aliphatic heterocycles. The van der Waals surface area contributed by atoms with E-state index in [2.05, 4.69) is 15.3 Å². The summed E-state index contributed by atoms with van der Waals surface area (Å²) in [5.41, 5.74) is 5.08. The first-order valence-electron chi connectivity index (χ1n) is 8.91. The van der Waals surface area contributed by atoms with Crippen molar-refractivity contribution in [1.29, 1.82) is 0 Å². The van der Waals surface area contributed by atoms with Crippen molar-refractivity contribution in [2.24, 2.45) is 0 Å². The summed E-state index contributed by atoms with van der Waals surface area (Å²) >= 11 is 6.09. The predicted octanol–water partition coefficient (Wildman–Crippen LogP) is 5.24. The maximum atomic E-state index is 11.6. The van der Waals surface area contributed by atoms with Crippen molar-refractivity contribution >= 4 is 43.7 Å². The quantitative estimate of drug-likeness (QED) is 0.475. The lowest BCUT2D eigenvalue weighted by molar-refractivity contribution is 0.601. The summed E-state index contributed by atoms with van der Waals surface area (Å²) in [5, 5.41) is 4.99. The van der Waals surface area contributed by atoms with Crippen molar-refractivity contribution in [2.45, 2.75) is 5.75 Å². The molecule has 0 bridgehead atoms. The van der Waals surface area contributed by atoms with Crippen molar-refractivity contribution in [3.8, 4) is 11.1 Å². The molecular formula is C22H18ClN3O2S. The van der Waals surface area contributed by atoms with Gasteiger partial charge in [-0.1, -0.05) is 23.7 Å². The average molecular weight is 424 g/mol. The van der Waals surface area contributed by atoms with Gasteiger partial charge in [0.25, 0.3) is 0 Å². The molecule has 2 aromatic heterocycles. The van der Waals surface area contributed by atoms with Crippen LogP contribution in [0.15, 0.2) is 73.2 Å². The van der Waals surface area contributed by atoms with Crippen LogP contribution in [0.5, 0.6) is 0 Å². The summed E-state index contributed by atoms with van der Waals surface area (Å²) < 4.78 is 23.2. The molecule has 0 aliphatic rings. The highest BCUT2D eigenvalue weighted by Gasteiger charge is 2.09. The van der Waals surface area contributed by atoms with E-state index in [4.69, 9.17) is 11.6 Å². The second-order valence-electron chi connectivity index (χ2n) is 6.88. The van der Waals surface area contributed by atoms with E-state index in [1.165, 1.54) is 6.26 Å². The van der Waals surface area contributed by atoms with E-state index in [1.807, 2.05) is 54.6 Å². The van der Waals surface area contributed by atoms with Crippen LogP contribution in [0.3, 0.4) is 0 Å². The van der Waals surface area contributed by atoms with E-state index in [9.17, 15) is 8.42 Å². The molecule has 4 rings (SSSR count). The van der Waals surface area contributed by atoms with Crippen LogP contribution in [0.25, 0.3) is 22.0 Å². The summed E-state index contributed by atoms with van der Waals surface area (Å²) in [6, 6.07) is 17.2. The lowest BCUT2D eigenvalue weighted by Crippen LogP contribution is -2.01. The SMILES string of the molecule is CS(=O)(=O)Cc1cncc(-c2ccc3nccc(Nc4cccc(Cl)c4)c3c2)c1. The number of nitrogens with zero attached hydrogens (tertiary/aromatic N) is 2. The molecule has 0 radical (unpaired) electrons. The molecule has 0 atom stereocenters. The number of halogens is 1. The van der Waals surface area contributed by atoms with Gasteiger partial charge in [0.2, 0.25) is 0 Å². The zero-order valence-corrected chi connectivity index (χ0v) is 17.2. The zero-order valence-electron chi connectivity index (χ0n) is 15.6. The molecule has 4 aromatic rings. The zero-order chi connectivity index (χ0) is 20.4. The molecule has 0 saturated carbocycles. The summed E-state index contributed by atoms with van der Waals surface area (Å²) in [5.74, 6) is -0.0372. The normalized spacial score (nSPS) is 11.5. The molecule has 0 saturated heterocycles. The highest BCUT2D eigenvalue weighted by molar-refractivity contribution is 7.89. The van der Waals surface area contributed by atoms with E-state index >= 15 is 0 Å². The van der Waals surface area contributed by atoms with Gasteiger partial charge in [-0.2, -0.15) is 0 Å². The van der Waals surface area contributed by atoms with Crippen molar-refractivity contribution in [3.05, 3.63) is 83.8 Å². The lowest BCUT2D eigenvalue weighted by atomic mass is 10.0. The average Bonchev–Trinajstić information content (AvgIpc) is 2.67. The Bertz CT molecular complexity index is 1310. The number of pyridine rings is 2. The minimum Gasteiger partial charge on any atom is -0.355 e. The first kappa shape index (κ1) is 19.4. The molecule has 2 aromatic carbocycles. The van der Waals surface area contributed by atoms with Gasteiger partial charge in [0.1, 0.15) is 0 Å². The number of anilines is 2. The van der Waals surface area contributed by atoms with Gasteiger partial charge in [0, 0.05) is 52.2 Å². The van der Waals surface area contributed by atoms with Crippen LogP contribution in [-0.4, -0.2) is 24.6 Å². The number of nitrogens with one attached hydrogen (secondary N) is 1. The number of hydrogen-bond acceptors (Lipinski definition) is 5. The maximum Gasteiger partial charge on any atom is 0.151 e. The van der Waals surface area contributed by atoms with Gasteiger partial charge in [0.05, 0.1) is 11.3 Å². The summed E-state index contributed by atoms with van der Waals surface area (Å²) in [6.45, 7) is 0. The fourth-order valence-electron chi connectivity index (χ4n) is 3.18. The molecule has 0 unspecified atom stereocenters. The maximum absolute atomic E-state index is 11.6. The number of rotatable bonds is 5. The van der Waals surface area contributed by atoms with Crippen molar-refractivity contribution in [3.63, 3.8) is 0 Å². The van der Waals surface area contributed by atoms with Crippen LogP contribution < -0.4 is 5.32 Å². The van der Waals surface area contributed by atoms with E-state index < -0.39 is 9.84 Å². The fraction of sp³-hybridized carbons (Fsp3) is 0.0909. The number of benzene rings is 2. The molecule has 0 spiro atoms. The van der Waals surface area contributed by atoms with Crippen LogP contribution in [0.4, 0.5) is 11.4 Å². The lowest BCUT2D eigenvalue weighted by Gasteiger charge is -2.11. The molecule has 2 heterocycles. The Morgan fingerprint density at radius 1 is 1.00 bits per heavy atom. The highest BCUT2D eigenvalue weighted by Crippen LogP contribution is 2.30. The Morgan fingerprint density at radius 2 is 1.86 bits per heavy atom. The minimum atomic E-state index is -3.13. The number of hydrogen-bond donors (Lipinski definition) is 1. The van der Waals surface area contributed by atoms with Gasteiger partial charge >= 0.3 is 0 Å². The summed E-state index contributed by atoms with van der Waals surface area (Å²) in [6.07, 6.45) is 6.28.